The van der Waals surface area contributed by atoms with E-state index >= 15 is 0 Å². The number of carbonyl (C=O) groups excluding carboxylic acids is 2. The Labute approximate surface area is 178 Å². The maximum atomic E-state index is 12.6. The number of Topliss-reactive ketones (excluding diaryl/α,β-unsaturated/α-hetero) is 1. The number of carbonyl (C=O) groups is 2. The molecular formula is C22H24N4O5. The molecule has 31 heavy (non-hydrogen) atoms. The maximum absolute atomic E-state index is 12.6. The molecule has 0 spiro atoms. The summed E-state index contributed by atoms with van der Waals surface area (Å²) in [6, 6.07) is 6.28. The molecule has 3 heterocycles. The molecule has 0 radical (unpaired) electrons. The lowest BCUT2D eigenvalue weighted by atomic mass is 9.89. The molecule has 0 unspecified atom stereocenters. The lowest BCUT2D eigenvalue weighted by Crippen LogP contribution is -2.40. The second-order valence-electron chi connectivity index (χ2n) is 7.89. The van der Waals surface area contributed by atoms with E-state index in [1.807, 2.05) is 4.90 Å². The van der Waals surface area contributed by atoms with E-state index in [0.717, 1.165) is 0 Å². The lowest BCUT2D eigenvalue weighted by molar-refractivity contribution is -0.117. The monoisotopic (exact) mass is 424 g/mol. The molecular weight excluding hydrogens is 400 g/mol. The van der Waals surface area contributed by atoms with Gasteiger partial charge < -0.3 is 9.52 Å². The molecule has 3 aromatic rings. The minimum Gasteiger partial charge on any atom is -0.508 e. The average molecular weight is 424 g/mol. The fraction of sp³-hybridized carbons (Fsp3) is 0.364. The van der Waals surface area contributed by atoms with E-state index in [4.69, 9.17) is 4.42 Å². The number of H-pyrrole nitrogens is 1. The third-order valence-electron chi connectivity index (χ3n) is 5.73. The largest absolute Gasteiger partial charge is 0.508 e. The Kier molecular flexibility index (Phi) is 5.60. The van der Waals surface area contributed by atoms with Crippen LogP contribution in [0.15, 0.2) is 33.5 Å². The predicted molar refractivity (Wildman–Crippen MR) is 114 cm³/mol. The van der Waals surface area contributed by atoms with Crippen LogP contribution in [0.1, 0.15) is 34.7 Å². The standard InChI is InChI=1S/C22H24N4O5/c1-12-18-13(2)31-22(19(18)21(30)25-24-12)23-17(28)11-26-9-7-15(8-10-26)20(29)14-3-5-16(27)6-4-14/h3-6,15,27H,7-11H2,1-2H3,(H,23,28)(H,25,30). The Bertz CT molecular complexity index is 1190. The molecule has 3 N–H and O–H groups in total. The number of piperidine rings is 1. The van der Waals surface area contributed by atoms with Crippen molar-refractivity contribution in [3.05, 3.63) is 51.6 Å². The van der Waals surface area contributed by atoms with Crippen LogP contribution in [0.2, 0.25) is 0 Å². The number of hydrogen-bond acceptors (Lipinski definition) is 7. The Morgan fingerprint density at radius 1 is 1.19 bits per heavy atom. The van der Waals surface area contributed by atoms with Crippen LogP contribution in [-0.4, -0.2) is 51.5 Å². The first-order chi connectivity index (χ1) is 14.8. The van der Waals surface area contributed by atoms with Crippen molar-refractivity contribution in [3.63, 3.8) is 0 Å². The van der Waals surface area contributed by atoms with E-state index < -0.39 is 5.56 Å². The number of nitrogens with one attached hydrogen (secondary N) is 2. The SMILES string of the molecule is Cc1n[nH]c(=O)c2c(NC(=O)CN3CCC(C(=O)c4ccc(O)cc4)CC3)oc(C)c12. The topological polar surface area (TPSA) is 129 Å². The number of phenols is 1. The summed E-state index contributed by atoms with van der Waals surface area (Å²) >= 11 is 0. The molecule has 1 aliphatic rings. The number of nitrogens with zero attached hydrogens (tertiary/aromatic N) is 2. The number of fused-ring (bicyclic) bond motifs is 1. The van der Waals surface area contributed by atoms with Gasteiger partial charge in [0.2, 0.25) is 11.8 Å². The second-order valence-corrected chi connectivity index (χ2v) is 7.89. The number of amides is 1. The first kappa shape index (κ1) is 20.8. The van der Waals surface area contributed by atoms with Gasteiger partial charge in [0, 0.05) is 11.5 Å². The van der Waals surface area contributed by atoms with Gasteiger partial charge in [-0.1, -0.05) is 0 Å². The normalized spacial score (nSPS) is 15.3. The molecule has 1 fully saturated rings. The van der Waals surface area contributed by atoms with Crippen LogP contribution in [0.3, 0.4) is 0 Å². The van der Waals surface area contributed by atoms with Crippen molar-refractivity contribution in [2.75, 3.05) is 25.0 Å². The summed E-state index contributed by atoms with van der Waals surface area (Å²) in [6.07, 6.45) is 1.31. The van der Waals surface area contributed by atoms with Crippen LogP contribution in [0.4, 0.5) is 5.88 Å². The minimum absolute atomic E-state index is 0.0600. The molecule has 1 saturated heterocycles. The maximum Gasteiger partial charge on any atom is 0.277 e. The fourth-order valence-corrected chi connectivity index (χ4v) is 4.12. The number of phenolic OH excluding ortho intramolecular Hbond substituents is 1. The Morgan fingerprint density at radius 2 is 1.87 bits per heavy atom. The summed E-state index contributed by atoms with van der Waals surface area (Å²) < 4.78 is 5.62. The van der Waals surface area contributed by atoms with Crippen LogP contribution in [-0.2, 0) is 4.79 Å². The van der Waals surface area contributed by atoms with Crippen molar-refractivity contribution in [3.8, 4) is 5.75 Å². The highest BCUT2D eigenvalue weighted by molar-refractivity contribution is 6.02. The number of ketones is 1. The zero-order chi connectivity index (χ0) is 22.1. The number of anilines is 1. The van der Waals surface area contributed by atoms with Crippen molar-refractivity contribution in [1.82, 2.24) is 15.1 Å². The van der Waals surface area contributed by atoms with Gasteiger partial charge in [0.05, 0.1) is 17.6 Å². The summed E-state index contributed by atoms with van der Waals surface area (Å²) in [4.78, 5) is 39.4. The molecule has 0 saturated carbocycles. The molecule has 4 rings (SSSR count). The van der Waals surface area contributed by atoms with Crippen molar-refractivity contribution >= 4 is 28.3 Å². The zero-order valence-corrected chi connectivity index (χ0v) is 17.4. The van der Waals surface area contributed by atoms with Gasteiger partial charge >= 0.3 is 0 Å². The number of aromatic hydroxyl groups is 1. The van der Waals surface area contributed by atoms with Crippen molar-refractivity contribution in [1.29, 1.82) is 0 Å². The van der Waals surface area contributed by atoms with Crippen molar-refractivity contribution < 1.29 is 19.1 Å². The summed E-state index contributed by atoms with van der Waals surface area (Å²) in [5.41, 5.74) is 0.794. The van der Waals surface area contributed by atoms with E-state index in [-0.39, 0.29) is 41.2 Å². The van der Waals surface area contributed by atoms with Crippen molar-refractivity contribution in [2.24, 2.45) is 5.92 Å². The molecule has 1 aromatic carbocycles. The van der Waals surface area contributed by atoms with Crippen LogP contribution >= 0.6 is 0 Å². The van der Waals surface area contributed by atoms with Crippen molar-refractivity contribution in [2.45, 2.75) is 26.7 Å². The molecule has 0 bridgehead atoms. The number of aryl methyl sites for hydroxylation is 2. The average Bonchev–Trinajstić information content (AvgIpc) is 3.08. The summed E-state index contributed by atoms with van der Waals surface area (Å²) in [6.45, 7) is 4.86. The number of rotatable bonds is 5. The van der Waals surface area contributed by atoms with Gasteiger partial charge in [-0.2, -0.15) is 5.10 Å². The minimum atomic E-state index is -0.415. The first-order valence-electron chi connectivity index (χ1n) is 10.2. The molecule has 0 atom stereocenters. The molecule has 0 aliphatic carbocycles. The lowest BCUT2D eigenvalue weighted by Gasteiger charge is -2.30. The molecule has 162 valence electrons. The highest BCUT2D eigenvalue weighted by atomic mass is 16.4. The number of aromatic amines is 1. The van der Waals surface area contributed by atoms with Gasteiger partial charge in [-0.05, 0) is 64.0 Å². The highest BCUT2D eigenvalue weighted by Gasteiger charge is 2.27. The van der Waals surface area contributed by atoms with Gasteiger partial charge in [-0.3, -0.25) is 24.6 Å². The number of benzene rings is 1. The second kappa shape index (κ2) is 8.35. The molecule has 2 aromatic heterocycles. The van der Waals surface area contributed by atoms with E-state index in [2.05, 4.69) is 15.5 Å². The van der Waals surface area contributed by atoms with E-state index in [1.54, 1.807) is 26.0 Å². The Hall–Kier alpha value is -3.46. The van der Waals surface area contributed by atoms with E-state index in [0.29, 0.717) is 48.3 Å². The van der Waals surface area contributed by atoms with Crippen LogP contribution in [0, 0.1) is 19.8 Å². The van der Waals surface area contributed by atoms with Gasteiger partial charge in [-0.15, -0.1) is 0 Å². The van der Waals surface area contributed by atoms with Gasteiger partial charge in [-0.25, -0.2) is 5.10 Å². The van der Waals surface area contributed by atoms with Crippen LogP contribution in [0.5, 0.6) is 5.75 Å². The third-order valence-corrected chi connectivity index (χ3v) is 5.73. The quantitative estimate of drug-likeness (QED) is 0.536. The number of aromatic nitrogens is 2. The number of furan rings is 1. The summed E-state index contributed by atoms with van der Waals surface area (Å²) in [5.74, 6) is 0.453. The molecule has 1 aliphatic heterocycles. The number of hydrogen-bond donors (Lipinski definition) is 3. The number of likely N-dealkylation sites (tertiary alicyclic amines) is 1. The Balaban J connectivity index is 1.36. The molecule has 9 nitrogen and oxygen atoms in total. The summed E-state index contributed by atoms with van der Waals surface area (Å²) in [7, 11) is 0. The zero-order valence-electron chi connectivity index (χ0n) is 17.4. The van der Waals surface area contributed by atoms with E-state index in [9.17, 15) is 19.5 Å². The third kappa shape index (κ3) is 4.22. The van der Waals surface area contributed by atoms with Crippen LogP contribution in [0.25, 0.3) is 10.8 Å². The van der Waals surface area contributed by atoms with Gasteiger partial charge in [0.15, 0.2) is 5.78 Å². The fourth-order valence-electron chi connectivity index (χ4n) is 4.12. The van der Waals surface area contributed by atoms with E-state index in [1.165, 1.54) is 12.1 Å². The van der Waals surface area contributed by atoms with Gasteiger partial charge in [0.25, 0.3) is 5.56 Å². The van der Waals surface area contributed by atoms with Crippen LogP contribution < -0.4 is 10.9 Å². The predicted octanol–water partition coefficient (Wildman–Crippen LogP) is 2.37. The first-order valence-corrected chi connectivity index (χ1v) is 10.2. The highest BCUT2D eigenvalue weighted by Crippen LogP contribution is 2.28. The smallest absolute Gasteiger partial charge is 0.277 e. The summed E-state index contributed by atoms with van der Waals surface area (Å²) in [5, 5.41) is 19.3. The Morgan fingerprint density at radius 3 is 2.55 bits per heavy atom. The molecule has 1 amide bonds. The molecule has 9 heteroatoms. The van der Waals surface area contributed by atoms with Gasteiger partial charge in [0.1, 0.15) is 16.9 Å².